The Balaban J connectivity index is 1.55. The van der Waals surface area contributed by atoms with Crippen LogP contribution < -0.4 is 10.6 Å². The molecule has 1 unspecified atom stereocenters. The van der Waals surface area contributed by atoms with Gasteiger partial charge in [-0.05, 0) is 43.4 Å². The van der Waals surface area contributed by atoms with Gasteiger partial charge >= 0.3 is 11.8 Å². The van der Waals surface area contributed by atoms with E-state index < -0.39 is 11.8 Å². The van der Waals surface area contributed by atoms with Gasteiger partial charge in [0.05, 0.1) is 0 Å². The van der Waals surface area contributed by atoms with Gasteiger partial charge < -0.3 is 9.84 Å². The molecule has 2 aromatic rings. The van der Waals surface area contributed by atoms with Crippen molar-refractivity contribution in [3.63, 3.8) is 0 Å². The van der Waals surface area contributed by atoms with Crippen LogP contribution in [-0.2, 0) is 22.7 Å². The molecule has 0 bridgehead atoms. The van der Waals surface area contributed by atoms with E-state index in [0.29, 0.717) is 12.3 Å². The molecule has 27 heavy (non-hydrogen) atoms. The molecular weight excluding hydrogens is 344 g/mol. The van der Waals surface area contributed by atoms with E-state index >= 15 is 0 Å². The van der Waals surface area contributed by atoms with Crippen LogP contribution in [0.3, 0.4) is 0 Å². The summed E-state index contributed by atoms with van der Waals surface area (Å²) in [5, 5.41) is 8.75. The summed E-state index contributed by atoms with van der Waals surface area (Å²) in [6, 6.07) is 9.58. The number of aromatic nitrogens is 1. The van der Waals surface area contributed by atoms with Crippen LogP contribution in [0.25, 0.3) is 0 Å². The van der Waals surface area contributed by atoms with Gasteiger partial charge in [-0.1, -0.05) is 36.3 Å². The van der Waals surface area contributed by atoms with Crippen molar-refractivity contribution in [3.05, 3.63) is 47.2 Å². The van der Waals surface area contributed by atoms with Crippen LogP contribution >= 0.6 is 0 Å². The second-order valence-corrected chi connectivity index (χ2v) is 7.21. The molecule has 1 aromatic heterocycles. The Morgan fingerprint density at radius 2 is 2.04 bits per heavy atom. The van der Waals surface area contributed by atoms with E-state index in [2.05, 4.69) is 33.7 Å². The molecule has 144 valence electrons. The molecule has 2 amide bonds. The van der Waals surface area contributed by atoms with Crippen LogP contribution in [0.2, 0.25) is 0 Å². The summed E-state index contributed by atoms with van der Waals surface area (Å²) in [5.41, 5.74) is 2.20. The number of rotatable bonds is 5. The lowest BCUT2D eigenvalue weighted by Crippen LogP contribution is -2.36. The number of amides is 2. The molecule has 1 aromatic carbocycles. The monoisotopic (exact) mass is 370 g/mol. The molecule has 7 heteroatoms. The first-order valence-corrected chi connectivity index (χ1v) is 9.33. The van der Waals surface area contributed by atoms with Gasteiger partial charge in [0, 0.05) is 25.7 Å². The maximum Gasteiger partial charge on any atom is 0.314 e. The Morgan fingerprint density at radius 3 is 2.74 bits per heavy atom. The van der Waals surface area contributed by atoms with E-state index in [1.807, 2.05) is 18.2 Å². The Hall–Kier alpha value is -2.67. The highest BCUT2D eigenvalue weighted by molar-refractivity contribution is 6.39. The number of hydrogen-bond acceptors (Lipinski definition) is 5. The van der Waals surface area contributed by atoms with Gasteiger partial charge in [-0.25, -0.2) is 0 Å². The summed E-state index contributed by atoms with van der Waals surface area (Å²) < 4.78 is 4.87. The van der Waals surface area contributed by atoms with Gasteiger partial charge in [-0.2, -0.15) is 0 Å². The fraction of sp³-hybridized carbons (Fsp3) is 0.450. The van der Waals surface area contributed by atoms with Crippen molar-refractivity contribution in [1.82, 2.24) is 15.4 Å². The molecule has 1 atom stereocenters. The molecule has 7 nitrogen and oxygen atoms in total. The number of likely N-dealkylation sites (tertiary alicyclic amines) is 1. The number of hydrogen-bond donors (Lipinski definition) is 2. The molecule has 1 aliphatic heterocycles. The number of benzene rings is 1. The SMILES string of the molecule is Cc1cc(NC(=O)C(=O)NCc2ccccc2CN2CCCC(C)C2)no1. The number of anilines is 1. The van der Waals surface area contributed by atoms with Crippen LogP contribution in [-0.4, -0.2) is 35.0 Å². The summed E-state index contributed by atoms with van der Waals surface area (Å²) in [6.45, 7) is 7.37. The maximum absolute atomic E-state index is 12.1. The minimum atomic E-state index is -0.759. The zero-order chi connectivity index (χ0) is 19.2. The van der Waals surface area contributed by atoms with Crippen molar-refractivity contribution >= 4 is 17.6 Å². The molecule has 3 rings (SSSR count). The van der Waals surface area contributed by atoms with E-state index in [0.717, 1.165) is 31.1 Å². The second kappa shape index (κ2) is 8.81. The highest BCUT2D eigenvalue weighted by Gasteiger charge is 2.18. The Bertz CT molecular complexity index is 802. The molecule has 1 aliphatic rings. The predicted octanol–water partition coefficient (Wildman–Crippen LogP) is 2.47. The third-order valence-corrected chi connectivity index (χ3v) is 4.77. The average Bonchev–Trinajstić information content (AvgIpc) is 3.05. The molecular formula is C20H26N4O3. The lowest BCUT2D eigenvalue weighted by molar-refractivity contribution is -0.136. The summed E-state index contributed by atoms with van der Waals surface area (Å²) in [5.74, 6) is 0.0519. The first-order chi connectivity index (χ1) is 13.0. The molecule has 2 N–H and O–H groups in total. The molecule has 0 spiro atoms. The van der Waals surface area contributed by atoms with Crippen molar-refractivity contribution in [2.45, 2.75) is 39.8 Å². The van der Waals surface area contributed by atoms with Crippen molar-refractivity contribution in [2.24, 2.45) is 5.92 Å². The number of piperidine rings is 1. The Labute approximate surface area is 159 Å². The molecule has 0 saturated carbocycles. The number of carbonyl (C=O) groups is 2. The standard InChI is InChI=1S/C20H26N4O3/c1-14-6-5-9-24(12-14)13-17-8-4-3-7-16(17)11-21-19(25)20(26)22-18-10-15(2)27-23-18/h3-4,7-8,10,14H,5-6,9,11-13H2,1-2H3,(H,21,25)(H,22,23,26). The third kappa shape index (κ3) is 5.40. The Morgan fingerprint density at radius 1 is 1.26 bits per heavy atom. The van der Waals surface area contributed by atoms with Crippen molar-refractivity contribution in [1.29, 1.82) is 0 Å². The fourth-order valence-electron chi connectivity index (χ4n) is 3.41. The number of nitrogens with zero attached hydrogens (tertiary/aromatic N) is 2. The van der Waals surface area contributed by atoms with Crippen molar-refractivity contribution < 1.29 is 14.1 Å². The van der Waals surface area contributed by atoms with E-state index in [1.165, 1.54) is 18.4 Å². The summed E-state index contributed by atoms with van der Waals surface area (Å²) in [6.07, 6.45) is 2.51. The van der Waals surface area contributed by atoms with Crippen molar-refractivity contribution in [2.75, 3.05) is 18.4 Å². The van der Waals surface area contributed by atoms with Gasteiger partial charge in [0.1, 0.15) is 5.76 Å². The van der Waals surface area contributed by atoms with E-state index in [-0.39, 0.29) is 5.82 Å². The highest BCUT2D eigenvalue weighted by Crippen LogP contribution is 2.19. The topological polar surface area (TPSA) is 87.5 Å². The first kappa shape index (κ1) is 19.1. The normalized spacial score (nSPS) is 17.5. The summed E-state index contributed by atoms with van der Waals surface area (Å²) in [7, 11) is 0. The fourth-order valence-corrected chi connectivity index (χ4v) is 3.41. The van der Waals surface area contributed by atoms with Gasteiger partial charge in [0.25, 0.3) is 0 Å². The van der Waals surface area contributed by atoms with Gasteiger partial charge in [-0.3, -0.25) is 19.8 Å². The lowest BCUT2D eigenvalue weighted by Gasteiger charge is -2.31. The summed E-state index contributed by atoms with van der Waals surface area (Å²) >= 11 is 0. The largest absolute Gasteiger partial charge is 0.360 e. The quantitative estimate of drug-likeness (QED) is 0.790. The molecule has 0 aliphatic carbocycles. The number of carbonyl (C=O) groups excluding carboxylic acids is 2. The minimum absolute atomic E-state index is 0.229. The molecule has 1 fully saturated rings. The highest BCUT2D eigenvalue weighted by atomic mass is 16.5. The molecule has 1 saturated heterocycles. The van der Waals surface area contributed by atoms with Gasteiger partial charge in [0.15, 0.2) is 5.82 Å². The lowest BCUT2D eigenvalue weighted by atomic mass is 9.99. The van der Waals surface area contributed by atoms with Crippen LogP contribution in [0, 0.1) is 12.8 Å². The molecule has 2 heterocycles. The van der Waals surface area contributed by atoms with Crippen LogP contribution in [0.1, 0.15) is 36.7 Å². The second-order valence-electron chi connectivity index (χ2n) is 7.21. The van der Waals surface area contributed by atoms with E-state index in [9.17, 15) is 9.59 Å². The number of aryl methyl sites for hydroxylation is 1. The van der Waals surface area contributed by atoms with Crippen molar-refractivity contribution in [3.8, 4) is 0 Å². The summed E-state index contributed by atoms with van der Waals surface area (Å²) in [4.78, 5) is 26.5. The van der Waals surface area contributed by atoms with Crippen LogP contribution in [0.15, 0.2) is 34.9 Å². The molecule has 0 radical (unpaired) electrons. The number of nitrogens with one attached hydrogen (secondary N) is 2. The average molecular weight is 370 g/mol. The van der Waals surface area contributed by atoms with E-state index in [1.54, 1.807) is 13.0 Å². The van der Waals surface area contributed by atoms with Crippen LogP contribution in [0.5, 0.6) is 0 Å². The third-order valence-electron chi connectivity index (χ3n) is 4.77. The minimum Gasteiger partial charge on any atom is -0.360 e. The Kier molecular flexibility index (Phi) is 6.24. The zero-order valence-electron chi connectivity index (χ0n) is 15.8. The smallest absolute Gasteiger partial charge is 0.314 e. The maximum atomic E-state index is 12.1. The van der Waals surface area contributed by atoms with Gasteiger partial charge in [-0.15, -0.1) is 0 Å². The van der Waals surface area contributed by atoms with Crippen LogP contribution in [0.4, 0.5) is 5.82 Å². The van der Waals surface area contributed by atoms with Gasteiger partial charge in [0.2, 0.25) is 0 Å². The zero-order valence-corrected chi connectivity index (χ0v) is 15.8. The first-order valence-electron chi connectivity index (χ1n) is 9.33. The predicted molar refractivity (Wildman–Crippen MR) is 102 cm³/mol. The van der Waals surface area contributed by atoms with E-state index in [4.69, 9.17) is 4.52 Å².